The molecule has 0 aliphatic carbocycles. The lowest BCUT2D eigenvalue weighted by Gasteiger charge is -2.10. The van der Waals surface area contributed by atoms with Crippen LogP contribution in [0.3, 0.4) is 0 Å². The number of phosphoric ester groups is 1. The van der Waals surface area contributed by atoms with Crippen LogP contribution in [0.4, 0.5) is 0 Å². The van der Waals surface area contributed by atoms with E-state index in [1.54, 1.807) is 12.2 Å². The van der Waals surface area contributed by atoms with E-state index in [-0.39, 0.29) is 6.61 Å². The predicted octanol–water partition coefficient (Wildman–Crippen LogP) is 1.74. The number of allylic oxidation sites excluding steroid dienone is 3. The van der Waals surface area contributed by atoms with Gasteiger partial charge in [0.05, 0.1) is 6.61 Å². The Hall–Kier alpha value is -0.260. The van der Waals surface area contributed by atoms with Crippen molar-refractivity contribution in [3.8, 4) is 0 Å². The minimum atomic E-state index is -5.03. The van der Waals surface area contributed by atoms with E-state index >= 15 is 0 Å². The molecule has 0 bridgehead atoms. The van der Waals surface area contributed by atoms with Gasteiger partial charge >= 0.3 is 15.6 Å². The van der Waals surface area contributed by atoms with Crippen molar-refractivity contribution >= 4 is 15.6 Å². The van der Waals surface area contributed by atoms with E-state index in [4.69, 9.17) is 14.7 Å². The normalized spacial score (nSPS) is 16.1. The molecule has 0 aromatic rings. The third-order valence-electron chi connectivity index (χ3n) is 1.11. The van der Waals surface area contributed by atoms with Crippen LogP contribution in [0.25, 0.3) is 0 Å². The fourth-order valence-corrected chi connectivity index (χ4v) is 2.15. The molecule has 0 aromatic heterocycles. The summed E-state index contributed by atoms with van der Waals surface area (Å²) in [7, 11) is -9.75. The molecule has 0 saturated heterocycles. The van der Waals surface area contributed by atoms with Crippen LogP contribution < -0.4 is 0 Å². The SMILES string of the molecule is CC(C)=C/C=C/COP(=O)(O)OP(=O)(O)O. The van der Waals surface area contributed by atoms with E-state index in [0.29, 0.717) is 0 Å². The molecule has 9 heteroatoms. The van der Waals surface area contributed by atoms with Crippen molar-refractivity contribution in [1.29, 1.82) is 0 Å². The maximum Gasteiger partial charge on any atom is 0.481 e. The molecule has 1 atom stereocenters. The van der Waals surface area contributed by atoms with Crippen molar-refractivity contribution in [2.75, 3.05) is 6.61 Å². The van der Waals surface area contributed by atoms with Crippen LogP contribution in [-0.4, -0.2) is 21.3 Å². The summed E-state index contributed by atoms with van der Waals surface area (Å²) < 4.78 is 29.0. The highest BCUT2D eigenvalue weighted by Crippen LogP contribution is 2.57. The highest BCUT2D eigenvalue weighted by atomic mass is 31.3. The van der Waals surface area contributed by atoms with Gasteiger partial charge in [0.1, 0.15) is 0 Å². The fourth-order valence-electron chi connectivity index (χ4n) is 0.611. The quantitative estimate of drug-likeness (QED) is 0.498. The number of rotatable bonds is 6. The van der Waals surface area contributed by atoms with Crippen LogP contribution in [0.2, 0.25) is 0 Å². The lowest BCUT2D eigenvalue weighted by Crippen LogP contribution is -1.93. The second kappa shape index (κ2) is 6.47. The van der Waals surface area contributed by atoms with Gasteiger partial charge in [-0.05, 0) is 13.8 Å². The first-order valence-corrected chi connectivity index (χ1v) is 7.19. The number of hydrogen-bond donors (Lipinski definition) is 3. The molecule has 7 nitrogen and oxygen atoms in total. The maximum absolute atomic E-state index is 10.9. The second-order valence-corrected chi connectivity index (χ2v) is 5.84. The molecule has 0 spiro atoms. The minimum absolute atomic E-state index is 0.294. The molecule has 1 unspecified atom stereocenters. The average Bonchev–Trinajstić information content (AvgIpc) is 1.97. The van der Waals surface area contributed by atoms with Gasteiger partial charge in [0.2, 0.25) is 0 Å². The molecule has 0 radical (unpaired) electrons. The van der Waals surface area contributed by atoms with Gasteiger partial charge in [0.25, 0.3) is 0 Å². The van der Waals surface area contributed by atoms with Gasteiger partial charge in [-0.25, -0.2) is 9.13 Å². The van der Waals surface area contributed by atoms with E-state index < -0.39 is 15.6 Å². The molecule has 16 heavy (non-hydrogen) atoms. The van der Waals surface area contributed by atoms with Crippen molar-refractivity contribution in [2.24, 2.45) is 0 Å². The molecule has 0 rings (SSSR count). The standard InChI is InChI=1S/C7H14O7P2/c1-7(2)5-3-4-6-13-16(11,12)14-15(8,9)10/h3-5H,6H2,1-2H3,(H,11,12)(H2,8,9,10)/b4-3+. The molecule has 0 saturated carbocycles. The average molecular weight is 272 g/mol. The van der Waals surface area contributed by atoms with Crippen molar-refractivity contribution in [3.63, 3.8) is 0 Å². The largest absolute Gasteiger partial charge is 0.481 e. The predicted molar refractivity (Wildman–Crippen MR) is 57.5 cm³/mol. The monoisotopic (exact) mass is 272 g/mol. The van der Waals surface area contributed by atoms with Crippen molar-refractivity contribution in [3.05, 3.63) is 23.8 Å². The van der Waals surface area contributed by atoms with E-state index in [9.17, 15) is 9.13 Å². The van der Waals surface area contributed by atoms with Gasteiger partial charge in [-0.15, -0.1) is 0 Å². The molecule has 0 heterocycles. The third-order valence-corrected chi connectivity index (χ3v) is 3.26. The topological polar surface area (TPSA) is 113 Å². The summed E-state index contributed by atoms with van der Waals surface area (Å²) in [5.41, 5.74) is 1.02. The Morgan fingerprint density at radius 3 is 2.25 bits per heavy atom. The van der Waals surface area contributed by atoms with Gasteiger partial charge < -0.3 is 14.7 Å². The van der Waals surface area contributed by atoms with Crippen LogP contribution in [-0.2, 0) is 18.0 Å². The highest BCUT2D eigenvalue weighted by molar-refractivity contribution is 7.60. The lowest BCUT2D eigenvalue weighted by atomic mass is 10.3. The summed E-state index contributed by atoms with van der Waals surface area (Å²) in [6.07, 6.45) is 4.71. The van der Waals surface area contributed by atoms with Gasteiger partial charge in [0.15, 0.2) is 0 Å². The molecule has 3 N–H and O–H groups in total. The summed E-state index contributed by atoms with van der Waals surface area (Å²) >= 11 is 0. The lowest BCUT2D eigenvalue weighted by molar-refractivity contribution is 0.191. The number of phosphoric acid groups is 2. The van der Waals surface area contributed by atoms with Crippen molar-refractivity contribution in [1.82, 2.24) is 0 Å². The Labute approximate surface area is 93.3 Å². The van der Waals surface area contributed by atoms with E-state index in [1.807, 2.05) is 13.8 Å². The van der Waals surface area contributed by atoms with Gasteiger partial charge in [-0.2, -0.15) is 4.31 Å². The van der Waals surface area contributed by atoms with E-state index in [0.717, 1.165) is 5.57 Å². The third kappa shape index (κ3) is 10.3. The summed E-state index contributed by atoms with van der Waals surface area (Å²) in [6.45, 7) is 3.43. The molecular formula is C7H14O7P2. The van der Waals surface area contributed by atoms with Gasteiger partial charge in [-0.3, -0.25) is 4.52 Å². The number of hydrogen-bond acceptors (Lipinski definition) is 4. The van der Waals surface area contributed by atoms with Gasteiger partial charge in [0, 0.05) is 0 Å². The van der Waals surface area contributed by atoms with Crippen molar-refractivity contribution < 1.29 is 32.6 Å². The smallest absolute Gasteiger partial charge is 0.302 e. The summed E-state index contributed by atoms with van der Waals surface area (Å²) in [4.78, 5) is 25.4. The molecule has 94 valence electrons. The Morgan fingerprint density at radius 1 is 1.25 bits per heavy atom. The minimum Gasteiger partial charge on any atom is -0.302 e. The molecule has 0 amide bonds. The Kier molecular flexibility index (Phi) is 6.36. The molecule has 0 aliphatic rings. The molecular weight excluding hydrogens is 258 g/mol. The molecule has 0 fully saturated rings. The molecule has 0 aliphatic heterocycles. The highest BCUT2D eigenvalue weighted by Gasteiger charge is 2.31. The van der Waals surface area contributed by atoms with Crippen LogP contribution >= 0.6 is 15.6 Å². The Bertz CT molecular complexity index is 363. The summed E-state index contributed by atoms with van der Waals surface area (Å²) in [6, 6.07) is 0. The first kappa shape index (κ1) is 15.7. The zero-order valence-corrected chi connectivity index (χ0v) is 10.6. The Morgan fingerprint density at radius 2 is 1.81 bits per heavy atom. The second-order valence-electron chi connectivity index (χ2n) is 3.01. The first-order valence-electron chi connectivity index (χ1n) is 4.17. The van der Waals surface area contributed by atoms with Crippen LogP contribution in [0, 0.1) is 0 Å². The van der Waals surface area contributed by atoms with E-state index in [1.165, 1.54) is 6.08 Å². The van der Waals surface area contributed by atoms with Gasteiger partial charge in [-0.1, -0.05) is 23.8 Å². The zero-order chi connectivity index (χ0) is 12.8. The summed E-state index contributed by atoms with van der Waals surface area (Å²) in [5, 5.41) is 0. The zero-order valence-electron chi connectivity index (χ0n) is 8.81. The van der Waals surface area contributed by atoms with Crippen LogP contribution in [0.15, 0.2) is 23.8 Å². The van der Waals surface area contributed by atoms with Crippen LogP contribution in [0.1, 0.15) is 13.8 Å². The maximum atomic E-state index is 10.9. The van der Waals surface area contributed by atoms with Crippen LogP contribution in [0.5, 0.6) is 0 Å². The molecule has 0 aromatic carbocycles. The Balaban J connectivity index is 4.11. The summed E-state index contributed by atoms with van der Waals surface area (Å²) in [5.74, 6) is 0. The fraction of sp³-hybridized carbons (Fsp3) is 0.429. The first-order chi connectivity index (χ1) is 7.12. The van der Waals surface area contributed by atoms with E-state index in [2.05, 4.69) is 8.83 Å². The van der Waals surface area contributed by atoms with Crippen molar-refractivity contribution in [2.45, 2.75) is 13.8 Å².